The predicted molar refractivity (Wildman–Crippen MR) is 90.0 cm³/mol. The number of fused-ring (bicyclic) bond motifs is 1. The number of rotatable bonds is 2. The molecule has 0 amide bonds. The Morgan fingerprint density at radius 2 is 1.85 bits per heavy atom. The lowest BCUT2D eigenvalue weighted by Gasteiger charge is -2.24. The highest BCUT2D eigenvalue weighted by Crippen LogP contribution is 2.23. The largest absolute Gasteiger partial charge is 0.322 e. The van der Waals surface area contributed by atoms with E-state index in [1.54, 1.807) is 6.07 Å². The van der Waals surface area contributed by atoms with Crippen LogP contribution < -0.4 is 11.5 Å². The van der Waals surface area contributed by atoms with Gasteiger partial charge in [0.1, 0.15) is 17.1 Å². The van der Waals surface area contributed by atoms with E-state index >= 15 is 0 Å². The van der Waals surface area contributed by atoms with Crippen molar-refractivity contribution < 1.29 is 9.85 Å². The third-order valence-electron chi connectivity index (χ3n) is 3.61. The van der Waals surface area contributed by atoms with Gasteiger partial charge in [-0.25, -0.2) is 0 Å². The molecule has 27 heavy (non-hydrogen) atoms. The normalized spacial score (nSPS) is 20.6. The zero-order chi connectivity index (χ0) is 20.2. The molecule has 1 heterocycles. The summed E-state index contributed by atoms with van der Waals surface area (Å²) < 4.78 is 0. The summed E-state index contributed by atoms with van der Waals surface area (Å²) in [6.07, 6.45) is 3.60. The summed E-state index contributed by atoms with van der Waals surface area (Å²) in [5, 5.41) is 47.7. The van der Waals surface area contributed by atoms with Crippen LogP contribution in [0.3, 0.4) is 0 Å². The van der Waals surface area contributed by atoms with Crippen LogP contribution in [-0.2, 0) is 0 Å². The Bertz CT molecular complexity index is 1060. The number of aromatic nitrogens is 3. The van der Waals surface area contributed by atoms with Crippen molar-refractivity contribution in [3.63, 3.8) is 0 Å². The van der Waals surface area contributed by atoms with Gasteiger partial charge in [-0.05, 0) is 12.1 Å². The smallest absolute Gasteiger partial charge is 0.299 e. The van der Waals surface area contributed by atoms with Crippen LogP contribution in [0.1, 0.15) is 5.56 Å². The first-order valence-electron chi connectivity index (χ1n) is 7.12. The lowest BCUT2D eigenvalue weighted by molar-refractivity contribution is -0.419. The number of nitrogens with two attached hydrogens (primary N) is 2. The SMILES string of the molecule is N#CC1(N)C=CC([N+](=O)[O-])=CC1N.N#Cc1ccc([N+](=O)[O-])c2n[nH]nc12. The minimum atomic E-state index is -1.33. The molecule has 1 aromatic heterocycles. The molecule has 1 aliphatic carbocycles. The van der Waals surface area contributed by atoms with Crippen molar-refractivity contribution in [2.45, 2.75) is 11.6 Å². The Labute approximate surface area is 150 Å². The quantitative estimate of drug-likeness (QED) is 0.473. The van der Waals surface area contributed by atoms with Crippen molar-refractivity contribution in [3.05, 3.63) is 61.8 Å². The first-order chi connectivity index (χ1) is 12.7. The second kappa shape index (κ2) is 7.36. The zero-order valence-electron chi connectivity index (χ0n) is 13.4. The number of nitrogens with one attached hydrogen (secondary N) is 1. The molecule has 0 spiro atoms. The molecule has 0 bridgehead atoms. The fourth-order valence-corrected chi connectivity index (χ4v) is 2.10. The summed E-state index contributed by atoms with van der Waals surface area (Å²) in [6.45, 7) is 0. The molecular weight excluding hydrogens is 358 g/mol. The van der Waals surface area contributed by atoms with Crippen LogP contribution in [0.25, 0.3) is 11.0 Å². The van der Waals surface area contributed by atoms with Crippen molar-refractivity contribution in [2.24, 2.45) is 11.5 Å². The molecule has 0 aliphatic heterocycles. The highest BCUT2D eigenvalue weighted by molar-refractivity contribution is 5.88. The molecule has 3 rings (SSSR count). The Balaban J connectivity index is 0.000000194. The molecule has 13 nitrogen and oxygen atoms in total. The van der Waals surface area contributed by atoms with Gasteiger partial charge in [0, 0.05) is 18.2 Å². The summed E-state index contributed by atoms with van der Waals surface area (Å²) in [5.41, 5.74) is 9.96. The maximum atomic E-state index is 10.6. The lowest BCUT2D eigenvalue weighted by atomic mass is 9.88. The minimum Gasteiger partial charge on any atom is -0.322 e. The number of non-ortho nitro benzene ring substituents is 1. The van der Waals surface area contributed by atoms with Crippen LogP contribution in [0, 0.1) is 42.9 Å². The molecule has 0 radical (unpaired) electrons. The average molecular weight is 369 g/mol. The van der Waals surface area contributed by atoms with Gasteiger partial charge in [0.2, 0.25) is 0 Å². The molecule has 2 aromatic rings. The molecule has 136 valence electrons. The summed E-state index contributed by atoms with van der Waals surface area (Å²) >= 11 is 0. The van der Waals surface area contributed by atoms with E-state index in [4.69, 9.17) is 22.0 Å². The van der Waals surface area contributed by atoms with E-state index in [-0.39, 0.29) is 28.0 Å². The third-order valence-corrected chi connectivity index (χ3v) is 3.61. The van der Waals surface area contributed by atoms with Crippen molar-refractivity contribution in [1.29, 1.82) is 10.5 Å². The molecule has 2 atom stereocenters. The molecule has 13 heteroatoms. The van der Waals surface area contributed by atoms with Crippen LogP contribution in [-0.4, -0.2) is 36.8 Å². The van der Waals surface area contributed by atoms with E-state index in [2.05, 4.69) is 15.4 Å². The van der Waals surface area contributed by atoms with Crippen molar-refractivity contribution in [3.8, 4) is 12.1 Å². The first-order valence-corrected chi connectivity index (χ1v) is 7.12. The summed E-state index contributed by atoms with van der Waals surface area (Å²) in [7, 11) is 0. The first kappa shape index (κ1) is 19.1. The van der Waals surface area contributed by atoms with E-state index in [1.165, 1.54) is 30.4 Å². The number of aromatic amines is 1. The minimum absolute atomic E-state index is 0.106. The van der Waals surface area contributed by atoms with E-state index in [1.807, 2.05) is 6.07 Å². The van der Waals surface area contributed by atoms with E-state index in [0.29, 0.717) is 0 Å². The van der Waals surface area contributed by atoms with Gasteiger partial charge < -0.3 is 11.5 Å². The lowest BCUT2D eigenvalue weighted by Crippen LogP contribution is -2.53. The fourth-order valence-electron chi connectivity index (χ4n) is 2.10. The van der Waals surface area contributed by atoms with E-state index in [9.17, 15) is 20.2 Å². The van der Waals surface area contributed by atoms with Gasteiger partial charge in [0.05, 0.1) is 27.5 Å². The summed E-state index contributed by atoms with van der Waals surface area (Å²) in [4.78, 5) is 19.7. The van der Waals surface area contributed by atoms with Gasteiger partial charge in [-0.3, -0.25) is 20.2 Å². The molecule has 1 aliphatic rings. The maximum absolute atomic E-state index is 10.6. The number of hydrogen-bond donors (Lipinski definition) is 3. The van der Waals surface area contributed by atoms with Crippen molar-refractivity contribution >= 4 is 16.7 Å². The van der Waals surface area contributed by atoms with Crippen LogP contribution >= 0.6 is 0 Å². The van der Waals surface area contributed by atoms with Gasteiger partial charge in [-0.2, -0.15) is 20.8 Å². The van der Waals surface area contributed by atoms with E-state index in [0.717, 1.165) is 0 Å². The van der Waals surface area contributed by atoms with Gasteiger partial charge in [-0.1, -0.05) is 0 Å². The second-order valence-electron chi connectivity index (χ2n) is 5.27. The van der Waals surface area contributed by atoms with Crippen molar-refractivity contribution in [1.82, 2.24) is 15.4 Å². The van der Waals surface area contributed by atoms with Gasteiger partial charge in [0.15, 0.2) is 5.52 Å². The summed E-state index contributed by atoms with van der Waals surface area (Å²) in [6, 6.07) is 5.41. The highest BCUT2D eigenvalue weighted by Gasteiger charge is 2.33. The molecule has 0 saturated heterocycles. The average Bonchev–Trinajstić information content (AvgIpc) is 3.13. The molecule has 1 aromatic carbocycles. The van der Waals surface area contributed by atoms with Crippen LogP contribution in [0.5, 0.6) is 0 Å². The number of benzene rings is 1. The van der Waals surface area contributed by atoms with Crippen LogP contribution in [0.2, 0.25) is 0 Å². The Morgan fingerprint density at radius 3 is 2.37 bits per heavy atom. The monoisotopic (exact) mass is 369 g/mol. The second-order valence-corrected chi connectivity index (χ2v) is 5.27. The van der Waals surface area contributed by atoms with Crippen molar-refractivity contribution in [2.75, 3.05) is 0 Å². The fraction of sp³-hybridized carbons (Fsp3) is 0.143. The Hall–Kier alpha value is -4.20. The number of nitro benzene ring substituents is 1. The van der Waals surface area contributed by atoms with Crippen LogP contribution in [0.4, 0.5) is 5.69 Å². The molecule has 5 N–H and O–H groups in total. The number of H-pyrrole nitrogens is 1. The van der Waals surface area contributed by atoms with E-state index < -0.39 is 21.4 Å². The molecule has 0 fully saturated rings. The number of nitriles is 2. The Kier molecular flexibility index (Phi) is 5.21. The molecular formula is C14H11N9O4. The highest BCUT2D eigenvalue weighted by atomic mass is 16.6. The molecule has 0 saturated carbocycles. The topological polar surface area (TPSA) is 227 Å². The predicted octanol–water partition coefficient (Wildman–Crippen LogP) is 0.00296. The number of hydrogen-bond acceptors (Lipinski definition) is 10. The van der Waals surface area contributed by atoms with Gasteiger partial charge in [-0.15, -0.1) is 5.10 Å². The number of nitrogens with zero attached hydrogens (tertiary/aromatic N) is 6. The van der Waals surface area contributed by atoms with Gasteiger partial charge in [0.25, 0.3) is 11.4 Å². The van der Waals surface area contributed by atoms with Gasteiger partial charge >= 0.3 is 0 Å². The zero-order valence-corrected chi connectivity index (χ0v) is 13.4. The number of nitro groups is 2. The standard InChI is InChI=1S/C7H3N5O2.C7H8N4O2/c8-3-4-1-2-5(12(13)14)7-6(4)9-11-10-7;8-4-7(10)2-1-5(11(12)13)3-6(7)9/h1-2H,(H,9,10,11);1-3,6H,9-10H2. The maximum Gasteiger partial charge on any atom is 0.299 e. The van der Waals surface area contributed by atoms with Crippen LogP contribution in [0.15, 0.2) is 36.1 Å². The Morgan fingerprint density at radius 1 is 1.19 bits per heavy atom. The molecule has 2 unspecified atom stereocenters. The summed E-state index contributed by atoms with van der Waals surface area (Å²) in [5.74, 6) is 0. The number of allylic oxidation sites excluding steroid dienone is 1. The third kappa shape index (κ3) is 3.74.